The average Bonchev–Trinajstić information content (AvgIpc) is 3.26. The van der Waals surface area contributed by atoms with Crippen molar-refractivity contribution in [2.75, 3.05) is 13.1 Å². The molecule has 5 nitrogen and oxygen atoms in total. The molecule has 0 heterocycles. The zero-order valence-corrected chi connectivity index (χ0v) is 12.6. The number of nitrogens with zero attached hydrogens (tertiary/aromatic N) is 1. The minimum Gasteiger partial charge on any atom is -0.479 e. The highest BCUT2D eigenvalue weighted by atomic mass is 35.5. The Labute approximate surface area is 128 Å². The Morgan fingerprint density at radius 3 is 2.62 bits per heavy atom. The van der Waals surface area contributed by atoms with Gasteiger partial charge in [-0.2, -0.15) is 0 Å². The number of amides is 2. The summed E-state index contributed by atoms with van der Waals surface area (Å²) in [4.78, 5) is 25.3. The van der Waals surface area contributed by atoms with Crippen molar-refractivity contribution >= 4 is 23.6 Å². The number of halogens is 1. The zero-order chi connectivity index (χ0) is 15.4. The Bertz CT molecular complexity index is 531. The molecule has 0 aromatic heterocycles. The Kier molecular flexibility index (Phi) is 5.07. The van der Waals surface area contributed by atoms with Gasteiger partial charge < -0.3 is 15.3 Å². The number of carbonyl (C=O) groups excluding carboxylic acids is 1. The maximum absolute atomic E-state index is 12.2. The van der Waals surface area contributed by atoms with Crippen LogP contribution in [-0.2, 0) is 4.79 Å². The van der Waals surface area contributed by atoms with Gasteiger partial charge >= 0.3 is 12.0 Å². The van der Waals surface area contributed by atoms with E-state index < -0.39 is 12.0 Å². The van der Waals surface area contributed by atoms with Crippen molar-refractivity contribution in [1.29, 1.82) is 0 Å². The summed E-state index contributed by atoms with van der Waals surface area (Å²) in [5.74, 6) is -0.571. The summed E-state index contributed by atoms with van der Waals surface area (Å²) in [7, 11) is 0. The third-order valence-electron chi connectivity index (χ3n) is 3.58. The van der Waals surface area contributed by atoms with Crippen molar-refractivity contribution in [3.05, 3.63) is 34.9 Å². The highest BCUT2D eigenvalue weighted by molar-refractivity contribution is 6.31. The van der Waals surface area contributed by atoms with E-state index in [2.05, 4.69) is 5.32 Å². The van der Waals surface area contributed by atoms with E-state index in [1.807, 2.05) is 6.92 Å². The van der Waals surface area contributed by atoms with Gasteiger partial charge in [0.1, 0.15) is 0 Å². The van der Waals surface area contributed by atoms with Crippen molar-refractivity contribution < 1.29 is 14.7 Å². The summed E-state index contributed by atoms with van der Waals surface area (Å²) < 4.78 is 0. The van der Waals surface area contributed by atoms with Crippen molar-refractivity contribution in [2.45, 2.75) is 25.8 Å². The highest BCUT2D eigenvalue weighted by Crippen LogP contribution is 2.30. The van der Waals surface area contributed by atoms with Crippen LogP contribution >= 0.6 is 11.6 Å². The first-order valence-corrected chi connectivity index (χ1v) is 7.43. The lowest BCUT2D eigenvalue weighted by Gasteiger charge is -2.24. The molecule has 1 atom stereocenters. The predicted molar refractivity (Wildman–Crippen MR) is 80.3 cm³/mol. The molecule has 6 heteroatoms. The van der Waals surface area contributed by atoms with Crippen LogP contribution in [0.25, 0.3) is 0 Å². The number of hydrogen-bond donors (Lipinski definition) is 2. The largest absolute Gasteiger partial charge is 0.479 e. The van der Waals surface area contributed by atoms with E-state index in [-0.39, 0.29) is 6.03 Å². The van der Waals surface area contributed by atoms with Crippen LogP contribution in [0.15, 0.2) is 24.3 Å². The summed E-state index contributed by atoms with van der Waals surface area (Å²) in [5, 5.41) is 12.2. The molecule has 0 radical (unpaired) electrons. The average molecular weight is 311 g/mol. The quantitative estimate of drug-likeness (QED) is 0.848. The SMILES string of the molecule is CCN(CC1CC1)C(=O)N[C@@H](C(=O)O)c1ccccc1Cl. The van der Waals surface area contributed by atoms with Gasteiger partial charge in [-0.3, -0.25) is 0 Å². The summed E-state index contributed by atoms with van der Waals surface area (Å²) >= 11 is 6.03. The number of carboxylic acids is 1. The molecule has 21 heavy (non-hydrogen) atoms. The topological polar surface area (TPSA) is 69.6 Å². The lowest BCUT2D eigenvalue weighted by atomic mass is 10.1. The smallest absolute Gasteiger partial charge is 0.331 e. The minimum atomic E-state index is -1.14. The fraction of sp³-hybridized carbons (Fsp3) is 0.467. The maximum atomic E-state index is 12.2. The van der Waals surface area contributed by atoms with Crippen molar-refractivity contribution in [3.63, 3.8) is 0 Å². The first kappa shape index (κ1) is 15.6. The van der Waals surface area contributed by atoms with Crippen molar-refractivity contribution in [1.82, 2.24) is 10.2 Å². The molecule has 1 fully saturated rings. The van der Waals surface area contributed by atoms with Crippen LogP contribution in [0.5, 0.6) is 0 Å². The number of benzene rings is 1. The third kappa shape index (κ3) is 4.11. The molecule has 114 valence electrons. The van der Waals surface area contributed by atoms with Crippen LogP contribution in [0.3, 0.4) is 0 Å². The number of urea groups is 1. The Morgan fingerprint density at radius 1 is 1.43 bits per heavy atom. The Hall–Kier alpha value is -1.75. The van der Waals surface area contributed by atoms with Crippen LogP contribution in [0.4, 0.5) is 4.79 Å². The molecule has 0 aliphatic heterocycles. The number of hydrogen-bond acceptors (Lipinski definition) is 2. The molecular formula is C15H19ClN2O3. The van der Waals surface area contributed by atoms with Gasteiger partial charge in [-0.1, -0.05) is 29.8 Å². The van der Waals surface area contributed by atoms with Gasteiger partial charge in [-0.05, 0) is 31.7 Å². The maximum Gasteiger partial charge on any atom is 0.331 e. The first-order valence-electron chi connectivity index (χ1n) is 7.05. The van der Waals surface area contributed by atoms with Crippen molar-refractivity contribution in [2.24, 2.45) is 5.92 Å². The number of rotatable bonds is 6. The van der Waals surface area contributed by atoms with Gasteiger partial charge in [-0.15, -0.1) is 0 Å². The lowest BCUT2D eigenvalue weighted by Crippen LogP contribution is -2.44. The highest BCUT2D eigenvalue weighted by Gasteiger charge is 2.29. The minimum absolute atomic E-state index is 0.329. The summed E-state index contributed by atoms with van der Waals surface area (Å²) in [6, 6.07) is 5.14. The number of aliphatic carboxylic acids is 1. The third-order valence-corrected chi connectivity index (χ3v) is 3.92. The second kappa shape index (κ2) is 6.80. The molecule has 0 saturated heterocycles. The summed E-state index contributed by atoms with van der Waals surface area (Å²) in [5.41, 5.74) is 0.391. The normalized spacial score (nSPS) is 15.3. The van der Waals surface area contributed by atoms with Crippen LogP contribution < -0.4 is 5.32 Å². The van der Waals surface area contributed by atoms with Gasteiger partial charge in [0.05, 0.1) is 0 Å². The van der Waals surface area contributed by atoms with Crippen molar-refractivity contribution in [3.8, 4) is 0 Å². The van der Waals surface area contributed by atoms with E-state index in [0.717, 1.165) is 12.8 Å². The number of carboxylic acid groups (broad SMARTS) is 1. The van der Waals surface area contributed by atoms with Crippen LogP contribution in [0, 0.1) is 5.92 Å². The monoisotopic (exact) mass is 310 g/mol. The number of nitrogens with one attached hydrogen (secondary N) is 1. The summed E-state index contributed by atoms with van der Waals surface area (Å²) in [6.07, 6.45) is 2.27. The van der Waals surface area contributed by atoms with Gasteiger partial charge in [0, 0.05) is 23.7 Å². The van der Waals surface area contributed by atoms with Crippen LogP contribution in [0.1, 0.15) is 31.4 Å². The van der Waals surface area contributed by atoms with E-state index in [4.69, 9.17) is 11.6 Å². The van der Waals surface area contributed by atoms with Gasteiger partial charge in [0.15, 0.2) is 6.04 Å². The molecule has 1 aliphatic rings. The zero-order valence-electron chi connectivity index (χ0n) is 11.9. The van der Waals surface area contributed by atoms with E-state index in [0.29, 0.717) is 29.6 Å². The molecule has 1 saturated carbocycles. The van der Waals surface area contributed by atoms with Gasteiger partial charge in [0.25, 0.3) is 0 Å². The molecule has 0 bridgehead atoms. The molecule has 0 unspecified atom stereocenters. The second-order valence-corrected chi connectivity index (χ2v) is 5.63. The molecule has 2 amide bonds. The molecule has 0 spiro atoms. The van der Waals surface area contributed by atoms with E-state index in [9.17, 15) is 14.7 Å². The fourth-order valence-corrected chi connectivity index (χ4v) is 2.41. The fourth-order valence-electron chi connectivity index (χ4n) is 2.16. The van der Waals surface area contributed by atoms with Crippen LogP contribution in [0.2, 0.25) is 5.02 Å². The van der Waals surface area contributed by atoms with Gasteiger partial charge in [0.2, 0.25) is 0 Å². The molecule has 1 aromatic carbocycles. The number of carbonyl (C=O) groups is 2. The van der Waals surface area contributed by atoms with Gasteiger partial charge in [-0.25, -0.2) is 9.59 Å². The van der Waals surface area contributed by atoms with E-state index >= 15 is 0 Å². The molecule has 1 aliphatic carbocycles. The van der Waals surface area contributed by atoms with E-state index in [1.54, 1.807) is 29.2 Å². The predicted octanol–water partition coefficient (Wildman–Crippen LogP) is 2.91. The van der Waals surface area contributed by atoms with Crippen LogP contribution in [-0.4, -0.2) is 35.1 Å². The molecule has 2 N–H and O–H groups in total. The first-order chi connectivity index (χ1) is 10.0. The summed E-state index contributed by atoms with van der Waals surface area (Å²) in [6.45, 7) is 3.11. The molecule has 2 rings (SSSR count). The standard InChI is InChI=1S/C15H19ClN2O3/c1-2-18(9-10-7-8-10)15(21)17-13(14(19)20)11-5-3-4-6-12(11)16/h3-6,10,13H,2,7-9H2,1H3,(H,17,21)(H,19,20)/t13-/m1/s1. The molecule has 1 aromatic rings. The Morgan fingerprint density at radius 2 is 2.10 bits per heavy atom. The van der Waals surface area contributed by atoms with E-state index in [1.165, 1.54) is 0 Å². The Balaban J connectivity index is 2.10. The molecular weight excluding hydrogens is 292 g/mol. The second-order valence-electron chi connectivity index (χ2n) is 5.22. The lowest BCUT2D eigenvalue weighted by molar-refractivity contribution is -0.139.